The number of H-pyrrole nitrogens is 1. The van der Waals surface area contributed by atoms with E-state index >= 15 is 0 Å². The first kappa shape index (κ1) is 24.0. The van der Waals surface area contributed by atoms with Crippen LogP contribution in [0.4, 0.5) is 0 Å². The van der Waals surface area contributed by atoms with E-state index in [4.69, 9.17) is 26.3 Å². The van der Waals surface area contributed by atoms with Crippen molar-refractivity contribution >= 4 is 23.2 Å². The average molecular weight is 447 g/mol. The van der Waals surface area contributed by atoms with Crippen molar-refractivity contribution in [2.75, 3.05) is 14.2 Å². The SMILES string of the molecule is CC.COc1cc(OC)c(C(=O)C2c3[nH]c(=O)c(C#N)cc3C(=O)CC2C)c(O)c1Cl. The van der Waals surface area contributed by atoms with Crippen molar-refractivity contribution in [1.82, 2.24) is 4.98 Å². The van der Waals surface area contributed by atoms with Crippen LogP contribution < -0.4 is 15.0 Å². The summed E-state index contributed by atoms with van der Waals surface area (Å²) < 4.78 is 10.3. The van der Waals surface area contributed by atoms with Gasteiger partial charge >= 0.3 is 0 Å². The minimum atomic E-state index is -0.951. The van der Waals surface area contributed by atoms with Crippen molar-refractivity contribution in [3.05, 3.63) is 49.9 Å². The monoisotopic (exact) mass is 446 g/mol. The minimum Gasteiger partial charge on any atom is -0.505 e. The molecule has 31 heavy (non-hydrogen) atoms. The molecule has 0 bridgehead atoms. The summed E-state index contributed by atoms with van der Waals surface area (Å²) in [5.41, 5.74) is -0.881. The Balaban J connectivity index is 0.00000166. The number of nitrogens with zero attached hydrogens (tertiary/aromatic N) is 1. The highest BCUT2D eigenvalue weighted by atomic mass is 35.5. The van der Waals surface area contributed by atoms with E-state index in [9.17, 15) is 19.5 Å². The predicted octanol–water partition coefficient (Wildman–Crippen LogP) is 3.84. The van der Waals surface area contributed by atoms with Crippen molar-refractivity contribution in [2.24, 2.45) is 5.92 Å². The molecule has 1 aliphatic carbocycles. The Kier molecular flexibility index (Phi) is 7.47. The number of hydrogen-bond acceptors (Lipinski definition) is 7. The number of carbonyl (C=O) groups is 2. The molecule has 0 aliphatic heterocycles. The highest BCUT2D eigenvalue weighted by Gasteiger charge is 2.40. The van der Waals surface area contributed by atoms with Gasteiger partial charge in [0.2, 0.25) is 0 Å². The van der Waals surface area contributed by atoms with Crippen LogP contribution in [-0.4, -0.2) is 35.9 Å². The van der Waals surface area contributed by atoms with Crippen LogP contribution in [0, 0.1) is 17.2 Å². The summed E-state index contributed by atoms with van der Waals surface area (Å²) in [4.78, 5) is 40.6. The number of aromatic hydroxyl groups is 1. The summed E-state index contributed by atoms with van der Waals surface area (Å²) in [6.07, 6.45) is 0.0350. The van der Waals surface area contributed by atoms with Crippen LogP contribution in [0.3, 0.4) is 0 Å². The number of methoxy groups -OCH3 is 2. The maximum absolute atomic E-state index is 13.5. The molecular formula is C22H23ClN2O6. The van der Waals surface area contributed by atoms with Gasteiger partial charge in [-0.1, -0.05) is 32.4 Å². The molecule has 164 valence electrons. The quantitative estimate of drug-likeness (QED) is 0.682. The Bertz CT molecular complexity index is 1130. The molecule has 2 unspecified atom stereocenters. The Hall–Kier alpha value is -3.31. The molecule has 2 N–H and O–H groups in total. The first-order valence-electron chi connectivity index (χ1n) is 9.63. The molecule has 1 aliphatic rings. The molecule has 0 saturated heterocycles. The predicted molar refractivity (Wildman–Crippen MR) is 115 cm³/mol. The second-order valence-electron chi connectivity index (χ2n) is 6.72. The zero-order valence-electron chi connectivity index (χ0n) is 17.8. The number of aromatic amines is 1. The van der Waals surface area contributed by atoms with E-state index in [1.165, 1.54) is 26.4 Å². The summed E-state index contributed by atoms with van der Waals surface area (Å²) in [6.45, 7) is 5.69. The maximum Gasteiger partial charge on any atom is 0.266 e. The Morgan fingerprint density at radius 1 is 1.23 bits per heavy atom. The number of aromatic nitrogens is 1. The Morgan fingerprint density at radius 3 is 2.39 bits per heavy atom. The Labute approximate surface area is 184 Å². The number of ketones is 2. The van der Waals surface area contributed by atoms with Gasteiger partial charge in [-0.15, -0.1) is 0 Å². The van der Waals surface area contributed by atoms with Crippen molar-refractivity contribution < 1.29 is 24.2 Å². The maximum atomic E-state index is 13.5. The lowest BCUT2D eigenvalue weighted by molar-refractivity contribution is 0.0870. The van der Waals surface area contributed by atoms with E-state index in [2.05, 4.69) is 4.98 Å². The summed E-state index contributed by atoms with van der Waals surface area (Å²) in [5, 5.41) is 19.5. The first-order valence-corrected chi connectivity index (χ1v) is 10.0. The molecule has 9 heteroatoms. The third-order valence-corrected chi connectivity index (χ3v) is 5.38. The van der Waals surface area contributed by atoms with E-state index in [0.29, 0.717) is 0 Å². The second kappa shape index (κ2) is 9.67. The van der Waals surface area contributed by atoms with Gasteiger partial charge in [-0.3, -0.25) is 14.4 Å². The average Bonchev–Trinajstić information content (AvgIpc) is 2.76. The van der Waals surface area contributed by atoms with Crippen LogP contribution in [-0.2, 0) is 0 Å². The standard InChI is InChI=1S/C20H17ClN2O6.C2H6/c1-8-4-11(24)10-5-9(7-22)20(27)23-17(10)14(8)18(25)15-12(28-2)6-13(29-3)16(21)19(15)26;1-2/h5-6,8,14,26H,4H2,1-3H3,(H,23,27);1-2H3. The lowest BCUT2D eigenvalue weighted by atomic mass is 9.74. The summed E-state index contributed by atoms with van der Waals surface area (Å²) in [7, 11) is 2.67. The highest BCUT2D eigenvalue weighted by Crippen LogP contribution is 2.46. The number of nitrogens with one attached hydrogen (secondary N) is 1. The van der Waals surface area contributed by atoms with Gasteiger partial charge < -0.3 is 19.6 Å². The van der Waals surface area contributed by atoms with Crippen molar-refractivity contribution in [1.29, 1.82) is 5.26 Å². The highest BCUT2D eigenvalue weighted by molar-refractivity contribution is 6.34. The lowest BCUT2D eigenvalue weighted by Gasteiger charge is -2.29. The van der Waals surface area contributed by atoms with Crippen molar-refractivity contribution in [2.45, 2.75) is 33.1 Å². The summed E-state index contributed by atoms with van der Waals surface area (Å²) >= 11 is 6.10. The molecule has 0 fully saturated rings. The van der Waals surface area contributed by atoms with Crippen LogP contribution in [0.5, 0.6) is 17.2 Å². The number of carbonyl (C=O) groups excluding carboxylic acids is 2. The van der Waals surface area contributed by atoms with Gasteiger partial charge in [0.05, 0.1) is 20.1 Å². The molecule has 3 rings (SSSR count). The number of nitriles is 1. The third-order valence-electron chi connectivity index (χ3n) is 5.02. The number of phenolic OH excluding ortho intramolecular Hbond substituents is 1. The summed E-state index contributed by atoms with van der Waals surface area (Å²) in [5.74, 6) is -2.65. The molecule has 0 saturated carbocycles. The van der Waals surface area contributed by atoms with Gasteiger partial charge in [0, 0.05) is 23.7 Å². The van der Waals surface area contributed by atoms with Gasteiger partial charge in [-0.25, -0.2) is 0 Å². The van der Waals surface area contributed by atoms with Crippen LogP contribution in [0.25, 0.3) is 0 Å². The summed E-state index contributed by atoms with van der Waals surface area (Å²) in [6, 6.07) is 4.29. The van der Waals surface area contributed by atoms with Crippen molar-refractivity contribution in [3.8, 4) is 23.3 Å². The molecule has 2 atom stereocenters. The zero-order valence-corrected chi connectivity index (χ0v) is 18.6. The second-order valence-corrected chi connectivity index (χ2v) is 7.09. The number of Topliss-reactive ketones (excluding diaryl/α,β-unsaturated/α-hetero) is 2. The topological polar surface area (TPSA) is 129 Å². The normalized spacial score (nSPS) is 17.0. The third kappa shape index (κ3) is 4.14. The van der Waals surface area contributed by atoms with E-state index in [-0.39, 0.29) is 51.1 Å². The van der Waals surface area contributed by atoms with Crippen molar-refractivity contribution in [3.63, 3.8) is 0 Å². The minimum absolute atomic E-state index is 0.0350. The van der Waals surface area contributed by atoms with Gasteiger partial charge in [0.1, 0.15) is 33.7 Å². The Morgan fingerprint density at radius 2 is 1.84 bits per heavy atom. The lowest BCUT2D eigenvalue weighted by Crippen LogP contribution is -2.33. The molecule has 1 heterocycles. The van der Waals surface area contributed by atoms with Gasteiger partial charge in [0.25, 0.3) is 5.56 Å². The number of rotatable bonds is 4. The fourth-order valence-electron chi connectivity index (χ4n) is 3.60. The van der Waals surface area contributed by atoms with E-state index in [0.717, 1.165) is 0 Å². The number of hydrogen-bond donors (Lipinski definition) is 2. The molecule has 0 amide bonds. The van der Waals surface area contributed by atoms with E-state index < -0.39 is 28.9 Å². The molecule has 8 nitrogen and oxygen atoms in total. The van der Waals surface area contributed by atoms with Crippen LogP contribution >= 0.6 is 11.6 Å². The number of phenols is 1. The number of ether oxygens (including phenoxy) is 2. The van der Waals surface area contributed by atoms with E-state index in [1.807, 2.05) is 13.8 Å². The number of fused-ring (bicyclic) bond motifs is 1. The smallest absolute Gasteiger partial charge is 0.266 e. The molecule has 2 aromatic rings. The number of benzene rings is 1. The molecule has 0 spiro atoms. The van der Waals surface area contributed by atoms with Gasteiger partial charge in [-0.05, 0) is 12.0 Å². The van der Waals surface area contributed by atoms with Gasteiger partial charge in [0.15, 0.2) is 17.3 Å². The van der Waals surface area contributed by atoms with E-state index in [1.54, 1.807) is 13.0 Å². The largest absolute Gasteiger partial charge is 0.505 e. The fourth-order valence-corrected chi connectivity index (χ4v) is 3.82. The first-order chi connectivity index (χ1) is 14.7. The zero-order chi connectivity index (χ0) is 23.5. The van der Waals surface area contributed by atoms with Gasteiger partial charge in [-0.2, -0.15) is 5.26 Å². The molecule has 1 aromatic heterocycles. The van der Waals surface area contributed by atoms with Crippen LogP contribution in [0.2, 0.25) is 5.02 Å². The fraction of sp³-hybridized carbons (Fsp3) is 0.364. The number of pyridine rings is 1. The molecule has 0 radical (unpaired) electrons. The molecular weight excluding hydrogens is 424 g/mol. The molecule has 1 aromatic carbocycles. The van der Waals surface area contributed by atoms with Crippen LogP contribution in [0.15, 0.2) is 16.9 Å². The number of halogens is 1. The van der Waals surface area contributed by atoms with Crippen LogP contribution in [0.1, 0.15) is 65.1 Å².